The lowest BCUT2D eigenvalue weighted by atomic mass is 9.53. The molecule has 2 unspecified atom stereocenters. The number of carbonyl (C=O) groups excluding carboxylic acids is 2. The van der Waals surface area contributed by atoms with Gasteiger partial charge in [0.15, 0.2) is 0 Å². The van der Waals surface area contributed by atoms with Crippen molar-refractivity contribution in [3.63, 3.8) is 0 Å². The van der Waals surface area contributed by atoms with Gasteiger partial charge in [-0.2, -0.15) is 0 Å². The maximum absolute atomic E-state index is 11.1. The third-order valence-corrected chi connectivity index (χ3v) is 3.34. The van der Waals surface area contributed by atoms with E-state index in [9.17, 15) is 9.59 Å². The van der Waals surface area contributed by atoms with Crippen LogP contribution in [-0.2, 0) is 9.59 Å². The number of rotatable bonds is 3. The van der Waals surface area contributed by atoms with Gasteiger partial charge in [0.25, 0.3) is 0 Å². The van der Waals surface area contributed by atoms with E-state index in [-0.39, 0.29) is 17.1 Å². The Balaban J connectivity index is 2.59. The smallest absolute Gasteiger partial charge is 0.133 e. The average Bonchev–Trinajstić information content (AvgIpc) is 1.96. The Morgan fingerprint density at radius 2 is 2.17 bits per heavy atom. The van der Waals surface area contributed by atoms with Gasteiger partial charge in [-0.1, -0.05) is 13.8 Å². The van der Waals surface area contributed by atoms with Crippen molar-refractivity contribution in [2.24, 2.45) is 17.3 Å². The minimum Gasteiger partial charge on any atom is -0.303 e. The SMILES string of the molecule is CC(=O)C1CC(CC=O)C1(C)C. The monoisotopic (exact) mass is 168 g/mol. The molecule has 2 nitrogen and oxygen atoms in total. The first-order valence-electron chi connectivity index (χ1n) is 4.44. The van der Waals surface area contributed by atoms with Gasteiger partial charge in [0.1, 0.15) is 12.1 Å². The van der Waals surface area contributed by atoms with E-state index in [1.54, 1.807) is 6.92 Å². The minimum absolute atomic E-state index is 0.0484. The van der Waals surface area contributed by atoms with Crippen LogP contribution in [0.15, 0.2) is 0 Å². The Labute approximate surface area is 73.3 Å². The van der Waals surface area contributed by atoms with Crippen molar-refractivity contribution in [2.75, 3.05) is 0 Å². The van der Waals surface area contributed by atoms with Crippen molar-refractivity contribution in [2.45, 2.75) is 33.6 Å². The Kier molecular flexibility index (Phi) is 2.36. The maximum Gasteiger partial charge on any atom is 0.133 e. The number of ketones is 1. The highest BCUT2D eigenvalue weighted by molar-refractivity contribution is 5.80. The number of aldehydes is 1. The largest absolute Gasteiger partial charge is 0.303 e. The van der Waals surface area contributed by atoms with Crippen LogP contribution in [0.4, 0.5) is 0 Å². The van der Waals surface area contributed by atoms with Crippen LogP contribution in [0.3, 0.4) is 0 Å². The zero-order valence-corrected chi connectivity index (χ0v) is 7.96. The number of hydrogen-bond donors (Lipinski definition) is 0. The number of Topliss-reactive ketones (excluding diaryl/α,β-unsaturated/α-hetero) is 1. The molecule has 1 aliphatic carbocycles. The van der Waals surface area contributed by atoms with E-state index in [0.29, 0.717) is 12.3 Å². The first kappa shape index (κ1) is 9.43. The normalized spacial score (nSPS) is 32.2. The van der Waals surface area contributed by atoms with Crippen LogP contribution >= 0.6 is 0 Å². The van der Waals surface area contributed by atoms with Gasteiger partial charge in [-0.05, 0) is 24.7 Å². The summed E-state index contributed by atoms with van der Waals surface area (Å²) < 4.78 is 0. The maximum atomic E-state index is 11.1. The standard InChI is InChI=1S/C10H16O2/c1-7(12)9-6-8(4-5-11)10(9,2)3/h5,8-9H,4,6H2,1-3H3. The van der Waals surface area contributed by atoms with Gasteiger partial charge >= 0.3 is 0 Å². The first-order valence-corrected chi connectivity index (χ1v) is 4.44. The second-order valence-electron chi connectivity index (χ2n) is 4.32. The minimum atomic E-state index is 0.0484. The number of hydrogen-bond acceptors (Lipinski definition) is 2. The highest BCUT2D eigenvalue weighted by Gasteiger charge is 2.49. The second kappa shape index (κ2) is 3.00. The van der Waals surface area contributed by atoms with Crippen molar-refractivity contribution in [3.8, 4) is 0 Å². The molecule has 0 radical (unpaired) electrons. The molecule has 2 heteroatoms. The summed E-state index contributed by atoms with van der Waals surface area (Å²) in [5, 5.41) is 0. The van der Waals surface area contributed by atoms with Crippen molar-refractivity contribution < 1.29 is 9.59 Å². The molecule has 0 aromatic heterocycles. The van der Waals surface area contributed by atoms with E-state index < -0.39 is 0 Å². The van der Waals surface area contributed by atoms with Crippen LogP contribution in [0.25, 0.3) is 0 Å². The van der Waals surface area contributed by atoms with Crippen molar-refractivity contribution in [3.05, 3.63) is 0 Å². The molecule has 0 heterocycles. The highest BCUT2D eigenvalue weighted by atomic mass is 16.1. The van der Waals surface area contributed by atoms with Crippen molar-refractivity contribution >= 4 is 12.1 Å². The van der Waals surface area contributed by atoms with Crippen LogP contribution in [0.5, 0.6) is 0 Å². The van der Waals surface area contributed by atoms with Gasteiger partial charge in [-0.3, -0.25) is 4.79 Å². The molecule has 1 saturated carbocycles. The topological polar surface area (TPSA) is 34.1 Å². The third kappa shape index (κ3) is 1.30. The van der Waals surface area contributed by atoms with Gasteiger partial charge < -0.3 is 4.79 Å². The van der Waals surface area contributed by atoms with Crippen LogP contribution in [0.2, 0.25) is 0 Å². The van der Waals surface area contributed by atoms with Crippen LogP contribution < -0.4 is 0 Å². The van der Waals surface area contributed by atoms with Gasteiger partial charge in [-0.25, -0.2) is 0 Å². The third-order valence-electron chi connectivity index (χ3n) is 3.34. The van der Waals surface area contributed by atoms with Crippen LogP contribution in [-0.4, -0.2) is 12.1 Å². The zero-order chi connectivity index (χ0) is 9.35. The summed E-state index contributed by atoms with van der Waals surface area (Å²) >= 11 is 0. The average molecular weight is 168 g/mol. The molecule has 1 aliphatic rings. The van der Waals surface area contributed by atoms with Gasteiger partial charge in [0, 0.05) is 12.3 Å². The van der Waals surface area contributed by atoms with E-state index in [1.165, 1.54) is 0 Å². The molecular formula is C10H16O2. The van der Waals surface area contributed by atoms with E-state index in [4.69, 9.17) is 0 Å². The molecule has 0 aliphatic heterocycles. The fourth-order valence-electron chi connectivity index (χ4n) is 2.22. The predicted molar refractivity (Wildman–Crippen MR) is 46.7 cm³/mol. The van der Waals surface area contributed by atoms with Crippen LogP contribution in [0, 0.1) is 17.3 Å². The fourth-order valence-corrected chi connectivity index (χ4v) is 2.22. The lowest BCUT2D eigenvalue weighted by Crippen LogP contribution is -2.48. The molecule has 0 bridgehead atoms. The molecule has 68 valence electrons. The molecule has 0 spiro atoms. The lowest BCUT2D eigenvalue weighted by molar-refractivity contribution is -0.138. The molecule has 1 rings (SSSR count). The molecule has 0 aromatic carbocycles. The zero-order valence-electron chi connectivity index (χ0n) is 7.96. The molecule has 1 fully saturated rings. The summed E-state index contributed by atoms with van der Waals surface area (Å²) in [6, 6.07) is 0. The summed E-state index contributed by atoms with van der Waals surface area (Å²) in [6.07, 6.45) is 2.47. The Morgan fingerprint density at radius 1 is 1.58 bits per heavy atom. The van der Waals surface area contributed by atoms with E-state index in [0.717, 1.165) is 12.7 Å². The molecule has 0 aromatic rings. The highest BCUT2D eigenvalue weighted by Crippen LogP contribution is 2.52. The summed E-state index contributed by atoms with van der Waals surface area (Å²) in [4.78, 5) is 21.4. The van der Waals surface area contributed by atoms with Gasteiger partial charge in [0.05, 0.1) is 0 Å². The summed E-state index contributed by atoms with van der Waals surface area (Å²) in [5.74, 6) is 0.869. The van der Waals surface area contributed by atoms with Gasteiger partial charge in [0.2, 0.25) is 0 Å². The van der Waals surface area contributed by atoms with Crippen molar-refractivity contribution in [1.82, 2.24) is 0 Å². The van der Waals surface area contributed by atoms with E-state index in [2.05, 4.69) is 13.8 Å². The molecular weight excluding hydrogens is 152 g/mol. The molecule has 12 heavy (non-hydrogen) atoms. The Bertz CT molecular complexity index is 206. The predicted octanol–water partition coefficient (Wildman–Crippen LogP) is 1.83. The number of carbonyl (C=O) groups is 2. The summed E-state index contributed by atoms with van der Waals surface area (Å²) in [6.45, 7) is 5.80. The van der Waals surface area contributed by atoms with E-state index >= 15 is 0 Å². The second-order valence-corrected chi connectivity index (χ2v) is 4.32. The van der Waals surface area contributed by atoms with Crippen molar-refractivity contribution in [1.29, 1.82) is 0 Å². The molecule has 0 amide bonds. The molecule has 0 saturated heterocycles. The first-order chi connectivity index (χ1) is 5.50. The van der Waals surface area contributed by atoms with Crippen LogP contribution in [0.1, 0.15) is 33.6 Å². The van der Waals surface area contributed by atoms with Gasteiger partial charge in [-0.15, -0.1) is 0 Å². The summed E-state index contributed by atoms with van der Waals surface area (Å²) in [5.41, 5.74) is 0.0484. The summed E-state index contributed by atoms with van der Waals surface area (Å²) in [7, 11) is 0. The molecule has 2 atom stereocenters. The fraction of sp³-hybridized carbons (Fsp3) is 0.800. The Hall–Kier alpha value is -0.660. The quantitative estimate of drug-likeness (QED) is 0.602. The lowest BCUT2D eigenvalue weighted by Gasteiger charge is -2.50. The molecule has 0 N–H and O–H groups in total. The van der Waals surface area contributed by atoms with E-state index in [1.807, 2.05) is 0 Å². The Morgan fingerprint density at radius 3 is 2.50 bits per heavy atom.